The van der Waals surface area contributed by atoms with E-state index in [0.717, 1.165) is 15.0 Å². The molecule has 134 valence electrons. The zero-order valence-corrected chi connectivity index (χ0v) is 15.5. The number of carbonyl (C=O) groups excluding carboxylic acids is 3. The third-order valence-corrected chi connectivity index (χ3v) is 5.59. The van der Waals surface area contributed by atoms with Gasteiger partial charge in [0.25, 0.3) is 0 Å². The fraction of sp³-hybridized carbons (Fsp3) is 0.167. The summed E-state index contributed by atoms with van der Waals surface area (Å²) in [5, 5.41) is 9.97. The first-order valence-corrected chi connectivity index (χ1v) is 9.52. The van der Waals surface area contributed by atoms with Gasteiger partial charge in [-0.25, -0.2) is 0 Å². The number of hydrogen-bond donors (Lipinski definition) is 2. The lowest BCUT2D eigenvalue weighted by molar-refractivity contribution is -0.142. The third-order valence-electron chi connectivity index (χ3n) is 3.71. The molecule has 1 atom stereocenters. The maximum absolute atomic E-state index is 12.3. The van der Waals surface area contributed by atoms with Gasteiger partial charge in [0.1, 0.15) is 0 Å². The Balaban J connectivity index is 1.67. The lowest BCUT2D eigenvalue weighted by atomic mass is 10.1. The number of esters is 1. The minimum Gasteiger partial charge on any atom is -0.469 e. The average Bonchev–Trinajstić information content (AvgIpc) is 3.32. The molecule has 26 heavy (non-hydrogen) atoms. The van der Waals surface area contributed by atoms with Crippen LogP contribution in [0.5, 0.6) is 0 Å². The molecule has 0 saturated carbocycles. The summed E-state index contributed by atoms with van der Waals surface area (Å²) in [6, 6.07) is 10.4. The van der Waals surface area contributed by atoms with Crippen LogP contribution in [0.25, 0.3) is 10.1 Å². The Morgan fingerprint density at radius 1 is 1.08 bits per heavy atom. The Hall–Kier alpha value is -2.71. The van der Waals surface area contributed by atoms with Crippen LogP contribution in [0, 0.1) is 0 Å². The summed E-state index contributed by atoms with van der Waals surface area (Å²) in [6.07, 6.45) is -0.0447. The van der Waals surface area contributed by atoms with Crippen molar-refractivity contribution in [3.63, 3.8) is 0 Å². The van der Waals surface area contributed by atoms with Crippen molar-refractivity contribution in [3.05, 3.63) is 52.0 Å². The normalized spacial score (nSPS) is 11.7. The molecule has 0 bridgehead atoms. The van der Waals surface area contributed by atoms with Crippen LogP contribution in [0.4, 0.5) is 5.69 Å². The molecule has 2 aromatic heterocycles. The van der Waals surface area contributed by atoms with E-state index in [2.05, 4.69) is 15.4 Å². The second-order valence-electron chi connectivity index (χ2n) is 5.45. The van der Waals surface area contributed by atoms with E-state index in [1.807, 2.05) is 35.0 Å². The third kappa shape index (κ3) is 4.27. The lowest BCUT2D eigenvalue weighted by Gasteiger charge is -2.16. The van der Waals surface area contributed by atoms with Crippen molar-refractivity contribution in [1.29, 1.82) is 0 Å². The molecule has 0 radical (unpaired) electrons. The van der Waals surface area contributed by atoms with Crippen molar-refractivity contribution in [2.24, 2.45) is 0 Å². The maximum atomic E-state index is 12.3. The number of ether oxygens (including phenoxy) is 1. The SMILES string of the molecule is COC(=O)C[C@H](NC(=O)C(=O)Nc1ccc2sccc2c1)c1cccs1. The smallest absolute Gasteiger partial charge is 0.313 e. The Bertz CT molecular complexity index is 934. The summed E-state index contributed by atoms with van der Waals surface area (Å²) in [6.45, 7) is 0. The van der Waals surface area contributed by atoms with Gasteiger partial charge < -0.3 is 15.4 Å². The van der Waals surface area contributed by atoms with E-state index in [9.17, 15) is 14.4 Å². The van der Waals surface area contributed by atoms with Crippen LogP contribution in [0.2, 0.25) is 0 Å². The number of methoxy groups -OCH3 is 1. The van der Waals surface area contributed by atoms with Crippen LogP contribution in [0.1, 0.15) is 17.3 Å². The van der Waals surface area contributed by atoms with Crippen molar-refractivity contribution in [2.75, 3.05) is 12.4 Å². The highest BCUT2D eigenvalue weighted by molar-refractivity contribution is 7.17. The molecule has 0 unspecified atom stereocenters. The van der Waals surface area contributed by atoms with Gasteiger partial charge in [-0.1, -0.05) is 6.07 Å². The maximum Gasteiger partial charge on any atom is 0.313 e. The van der Waals surface area contributed by atoms with Gasteiger partial charge in [0, 0.05) is 15.3 Å². The quantitative estimate of drug-likeness (QED) is 0.519. The molecule has 0 spiro atoms. The topological polar surface area (TPSA) is 84.5 Å². The largest absolute Gasteiger partial charge is 0.469 e. The van der Waals surface area contributed by atoms with Gasteiger partial charge in [-0.15, -0.1) is 22.7 Å². The Kier molecular flexibility index (Phi) is 5.65. The van der Waals surface area contributed by atoms with E-state index in [0.29, 0.717) is 5.69 Å². The standard InChI is InChI=1S/C18H16N2O4S2/c1-24-16(21)10-13(15-3-2-7-25-15)20-18(23)17(22)19-12-4-5-14-11(9-12)6-8-26-14/h2-9,13H,10H2,1H3,(H,19,22)(H,20,23)/t13-/m0/s1. The van der Waals surface area contributed by atoms with Gasteiger partial charge >= 0.3 is 17.8 Å². The first-order valence-electron chi connectivity index (χ1n) is 7.76. The Labute approximate surface area is 157 Å². The zero-order valence-electron chi connectivity index (χ0n) is 13.9. The molecule has 2 N–H and O–H groups in total. The van der Waals surface area contributed by atoms with Crippen LogP contribution in [0.3, 0.4) is 0 Å². The van der Waals surface area contributed by atoms with Gasteiger partial charge in [0.15, 0.2) is 0 Å². The van der Waals surface area contributed by atoms with Crippen LogP contribution >= 0.6 is 22.7 Å². The first kappa shape index (κ1) is 18.1. The van der Waals surface area contributed by atoms with E-state index in [1.165, 1.54) is 18.4 Å². The van der Waals surface area contributed by atoms with Gasteiger partial charge in [-0.05, 0) is 46.5 Å². The highest BCUT2D eigenvalue weighted by atomic mass is 32.1. The molecular formula is C18H16N2O4S2. The van der Waals surface area contributed by atoms with Crippen molar-refractivity contribution in [2.45, 2.75) is 12.5 Å². The molecular weight excluding hydrogens is 372 g/mol. The number of amides is 2. The predicted octanol–water partition coefficient (Wildman–Crippen LogP) is 3.32. The number of nitrogens with one attached hydrogen (secondary N) is 2. The highest BCUT2D eigenvalue weighted by Crippen LogP contribution is 2.24. The van der Waals surface area contributed by atoms with Crippen molar-refractivity contribution >= 4 is 56.2 Å². The molecule has 2 heterocycles. The van der Waals surface area contributed by atoms with Crippen LogP contribution in [-0.2, 0) is 19.1 Å². The van der Waals surface area contributed by atoms with Crippen LogP contribution in [0.15, 0.2) is 47.2 Å². The second kappa shape index (κ2) is 8.11. The van der Waals surface area contributed by atoms with Gasteiger partial charge in [-0.2, -0.15) is 0 Å². The van der Waals surface area contributed by atoms with E-state index in [4.69, 9.17) is 0 Å². The van der Waals surface area contributed by atoms with Crippen molar-refractivity contribution < 1.29 is 19.1 Å². The molecule has 3 aromatic rings. The first-order chi connectivity index (χ1) is 12.6. The number of carbonyl (C=O) groups is 3. The fourth-order valence-corrected chi connectivity index (χ4v) is 3.97. The number of rotatable bonds is 5. The molecule has 1 aromatic carbocycles. The van der Waals surface area contributed by atoms with Gasteiger partial charge in [0.2, 0.25) is 0 Å². The molecule has 6 nitrogen and oxygen atoms in total. The lowest BCUT2D eigenvalue weighted by Crippen LogP contribution is -2.38. The van der Waals surface area contributed by atoms with Crippen LogP contribution < -0.4 is 10.6 Å². The number of thiophene rings is 2. The Morgan fingerprint density at radius 2 is 1.92 bits per heavy atom. The van der Waals surface area contributed by atoms with E-state index in [-0.39, 0.29) is 6.42 Å². The zero-order chi connectivity index (χ0) is 18.5. The summed E-state index contributed by atoms with van der Waals surface area (Å²) in [5.41, 5.74) is 0.539. The monoisotopic (exact) mass is 388 g/mol. The van der Waals surface area contributed by atoms with Gasteiger partial charge in [0.05, 0.1) is 19.6 Å². The number of hydrogen-bond acceptors (Lipinski definition) is 6. The summed E-state index contributed by atoms with van der Waals surface area (Å²) < 4.78 is 5.76. The highest BCUT2D eigenvalue weighted by Gasteiger charge is 2.23. The number of benzene rings is 1. The fourth-order valence-electron chi connectivity index (χ4n) is 2.42. The summed E-state index contributed by atoms with van der Waals surface area (Å²) in [7, 11) is 1.28. The molecule has 8 heteroatoms. The van der Waals surface area contributed by atoms with Crippen molar-refractivity contribution in [1.82, 2.24) is 5.32 Å². The molecule has 3 rings (SSSR count). The summed E-state index contributed by atoms with van der Waals surface area (Å²) in [5.74, 6) is -2.06. The van der Waals surface area contributed by atoms with Gasteiger partial charge in [-0.3, -0.25) is 14.4 Å². The average molecular weight is 388 g/mol. The molecule has 0 fully saturated rings. The summed E-state index contributed by atoms with van der Waals surface area (Å²) >= 11 is 2.99. The van der Waals surface area contributed by atoms with Crippen LogP contribution in [-0.4, -0.2) is 24.9 Å². The number of anilines is 1. The van der Waals surface area contributed by atoms with Crippen molar-refractivity contribution in [3.8, 4) is 0 Å². The molecule has 0 aliphatic carbocycles. The molecule has 0 aliphatic heterocycles. The predicted molar refractivity (Wildman–Crippen MR) is 102 cm³/mol. The minimum atomic E-state index is -0.808. The second-order valence-corrected chi connectivity index (χ2v) is 7.38. The van der Waals surface area contributed by atoms with E-state index < -0.39 is 23.8 Å². The molecule has 0 aliphatic rings. The Morgan fingerprint density at radius 3 is 2.65 bits per heavy atom. The molecule has 0 saturated heterocycles. The number of fused-ring (bicyclic) bond motifs is 1. The van der Waals surface area contributed by atoms with E-state index >= 15 is 0 Å². The summed E-state index contributed by atoms with van der Waals surface area (Å²) in [4.78, 5) is 36.8. The minimum absolute atomic E-state index is 0.0447. The molecule has 2 amide bonds. The van der Waals surface area contributed by atoms with E-state index in [1.54, 1.807) is 23.5 Å².